The van der Waals surface area contributed by atoms with Crippen LogP contribution in [-0.2, 0) is 0 Å². The van der Waals surface area contributed by atoms with Crippen LogP contribution in [-0.4, -0.2) is 13.2 Å². The van der Waals surface area contributed by atoms with E-state index in [0.717, 1.165) is 24.3 Å². The molecule has 0 amide bonds. The molecule has 1 saturated carbocycles. The highest BCUT2D eigenvalue weighted by Gasteiger charge is 2.16. The molecule has 3 heteroatoms. The lowest BCUT2D eigenvalue weighted by atomic mass is 9.98. The summed E-state index contributed by atoms with van der Waals surface area (Å²) in [6, 6.07) is 5.55. The molecule has 0 aromatic heterocycles. The van der Waals surface area contributed by atoms with Gasteiger partial charge in [0.1, 0.15) is 11.5 Å². The Balaban J connectivity index is 2.06. The summed E-state index contributed by atoms with van der Waals surface area (Å²) in [4.78, 5) is 0. The van der Waals surface area contributed by atoms with Gasteiger partial charge in [-0.3, -0.25) is 0 Å². The summed E-state index contributed by atoms with van der Waals surface area (Å²) in [6.07, 6.45) is 6.44. The third kappa shape index (κ3) is 2.60. The number of hydrogen-bond acceptors (Lipinski definition) is 3. The molecule has 0 aliphatic heterocycles. The Morgan fingerprint density at radius 3 is 2.62 bits per heavy atom. The van der Waals surface area contributed by atoms with Gasteiger partial charge < -0.3 is 15.2 Å². The minimum absolute atomic E-state index is 0.322. The SMILES string of the molecule is COc1ccc(N)c(OC2CCCCC2)c1. The summed E-state index contributed by atoms with van der Waals surface area (Å²) >= 11 is 0. The molecular weight excluding hydrogens is 202 g/mol. The van der Waals surface area contributed by atoms with E-state index in [2.05, 4.69) is 0 Å². The molecule has 0 radical (unpaired) electrons. The van der Waals surface area contributed by atoms with E-state index in [1.807, 2.05) is 18.2 Å². The van der Waals surface area contributed by atoms with E-state index >= 15 is 0 Å². The first-order chi connectivity index (χ1) is 7.79. The van der Waals surface area contributed by atoms with Gasteiger partial charge in [0, 0.05) is 6.07 Å². The summed E-state index contributed by atoms with van der Waals surface area (Å²) in [5.74, 6) is 1.55. The van der Waals surface area contributed by atoms with Gasteiger partial charge >= 0.3 is 0 Å². The van der Waals surface area contributed by atoms with Gasteiger partial charge in [0.2, 0.25) is 0 Å². The zero-order valence-electron chi connectivity index (χ0n) is 9.74. The Morgan fingerprint density at radius 1 is 1.19 bits per heavy atom. The minimum Gasteiger partial charge on any atom is -0.497 e. The van der Waals surface area contributed by atoms with E-state index in [1.165, 1.54) is 19.3 Å². The highest BCUT2D eigenvalue weighted by molar-refractivity contribution is 5.55. The Bertz CT molecular complexity index is 346. The van der Waals surface area contributed by atoms with E-state index in [9.17, 15) is 0 Å². The van der Waals surface area contributed by atoms with Gasteiger partial charge in [0.15, 0.2) is 0 Å². The molecule has 0 bridgehead atoms. The van der Waals surface area contributed by atoms with Crippen molar-refractivity contribution in [3.8, 4) is 11.5 Å². The summed E-state index contributed by atoms with van der Waals surface area (Å²) in [7, 11) is 1.65. The van der Waals surface area contributed by atoms with Crippen LogP contribution >= 0.6 is 0 Å². The van der Waals surface area contributed by atoms with Crippen molar-refractivity contribution < 1.29 is 9.47 Å². The van der Waals surface area contributed by atoms with Gasteiger partial charge in [-0.25, -0.2) is 0 Å². The molecule has 0 atom stereocenters. The maximum Gasteiger partial charge on any atom is 0.146 e. The van der Waals surface area contributed by atoms with Crippen LogP contribution in [0.25, 0.3) is 0 Å². The smallest absolute Gasteiger partial charge is 0.146 e. The van der Waals surface area contributed by atoms with Crippen molar-refractivity contribution in [1.82, 2.24) is 0 Å². The zero-order chi connectivity index (χ0) is 11.4. The number of benzene rings is 1. The first-order valence-electron chi connectivity index (χ1n) is 5.90. The molecule has 16 heavy (non-hydrogen) atoms. The number of rotatable bonds is 3. The molecule has 1 fully saturated rings. The summed E-state index contributed by atoms with van der Waals surface area (Å²) in [5.41, 5.74) is 6.57. The summed E-state index contributed by atoms with van der Waals surface area (Å²) in [6.45, 7) is 0. The number of ether oxygens (including phenoxy) is 2. The number of hydrogen-bond donors (Lipinski definition) is 1. The quantitative estimate of drug-likeness (QED) is 0.798. The second-order valence-electron chi connectivity index (χ2n) is 4.28. The van der Waals surface area contributed by atoms with Gasteiger partial charge in [-0.15, -0.1) is 0 Å². The standard InChI is InChI=1S/C13H19NO2/c1-15-11-7-8-12(14)13(9-11)16-10-5-3-2-4-6-10/h7-10H,2-6,14H2,1H3. The van der Waals surface area contributed by atoms with Crippen LogP contribution in [0.3, 0.4) is 0 Å². The van der Waals surface area contributed by atoms with Crippen molar-refractivity contribution in [2.45, 2.75) is 38.2 Å². The lowest BCUT2D eigenvalue weighted by molar-refractivity contribution is 0.155. The maximum atomic E-state index is 5.92. The van der Waals surface area contributed by atoms with Crippen molar-refractivity contribution in [3.63, 3.8) is 0 Å². The predicted molar refractivity (Wildman–Crippen MR) is 64.9 cm³/mol. The third-order valence-corrected chi connectivity index (χ3v) is 3.07. The normalized spacial score (nSPS) is 17.1. The fourth-order valence-electron chi connectivity index (χ4n) is 2.11. The van der Waals surface area contributed by atoms with Crippen LogP contribution in [0.1, 0.15) is 32.1 Å². The number of anilines is 1. The Morgan fingerprint density at radius 2 is 1.94 bits per heavy atom. The molecule has 1 aromatic carbocycles. The molecule has 1 aliphatic carbocycles. The Hall–Kier alpha value is -1.38. The van der Waals surface area contributed by atoms with Crippen LogP contribution in [0.5, 0.6) is 11.5 Å². The highest BCUT2D eigenvalue weighted by Crippen LogP contribution is 2.30. The molecule has 88 valence electrons. The second-order valence-corrected chi connectivity index (χ2v) is 4.28. The minimum atomic E-state index is 0.322. The molecule has 1 aromatic rings. The first-order valence-corrected chi connectivity index (χ1v) is 5.90. The monoisotopic (exact) mass is 221 g/mol. The Labute approximate surface area is 96.5 Å². The summed E-state index contributed by atoms with van der Waals surface area (Å²) in [5, 5.41) is 0. The van der Waals surface area contributed by atoms with Gasteiger partial charge in [-0.2, -0.15) is 0 Å². The van der Waals surface area contributed by atoms with Gasteiger partial charge in [0.05, 0.1) is 18.9 Å². The van der Waals surface area contributed by atoms with Crippen LogP contribution < -0.4 is 15.2 Å². The van der Waals surface area contributed by atoms with E-state index in [0.29, 0.717) is 11.8 Å². The number of nitrogens with two attached hydrogens (primary N) is 1. The Kier molecular flexibility index (Phi) is 3.54. The van der Waals surface area contributed by atoms with Crippen LogP contribution in [0.4, 0.5) is 5.69 Å². The van der Waals surface area contributed by atoms with Crippen LogP contribution in [0.2, 0.25) is 0 Å². The number of methoxy groups -OCH3 is 1. The van der Waals surface area contributed by atoms with E-state index in [-0.39, 0.29) is 0 Å². The molecule has 3 nitrogen and oxygen atoms in total. The first kappa shape index (κ1) is 11.1. The van der Waals surface area contributed by atoms with Gasteiger partial charge in [0.25, 0.3) is 0 Å². The molecule has 2 N–H and O–H groups in total. The largest absolute Gasteiger partial charge is 0.497 e. The fourth-order valence-corrected chi connectivity index (χ4v) is 2.11. The molecule has 0 unspecified atom stereocenters. The summed E-state index contributed by atoms with van der Waals surface area (Å²) < 4.78 is 11.1. The third-order valence-electron chi connectivity index (χ3n) is 3.07. The van der Waals surface area contributed by atoms with E-state index < -0.39 is 0 Å². The molecular formula is C13H19NO2. The average Bonchev–Trinajstić information content (AvgIpc) is 2.33. The van der Waals surface area contributed by atoms with E-state index in [4.69, 9.17) is 15.2 Å². The van der Waals surface area contributed by atoms with Gasteiger partial charge in [-0.05, 0) is 37.8 Å². The van der Waals surface area contributed by atoms with Crippen LogP contribution in [0.15, 0.2) is 18.2 Å². The topological polar surface area (TPSA) is 44.5 Å². The number of nitrogen functional groups attached to an aromatic ring is 1. The van der Waals surface area contributed by atoms with Crippen molar-refractivity contribution in [1.29, 1.82) is 0 Å². The molecule has 0 heterocycles. The molecule has 2 rings (SSSR count). The van der Waals surface area contributed by atoms with Crippen molar-refractivity contribution in [2.24, 2.45) is 0 Å². The fraction of sp³-hybridized carbons (Fsp3) is 0.538. The molecule has 1 aliphatic rings. The predicted octanol–water partition coefficient (Wildman–Crippen LogP) is 2.99. The zero-order valence-corrected chi connectivity index (χ0v) is 9.74. The maximum absolute atomic E-state index is 5.92. The lowest BCUT2D eigenvalue weighted by Crippen LogP contribution is -2.20. The second kappa shape index (κ2) is 5.10. The molecule has 0 saturated heterocycles. The average molecular weight is 221 g/mol. The highest BCUT2D eigenvalue weighted by atomic mass is 16.5. The van der Waals surface area contributed by atoms with Crippen molar-refractivity contribution in [2.75, 3.05) is 12.8 Å². The van der Waals surface area contributed by atoms with Crippen LogP contribution in [0, 0.1) is 0 Å². The van der Waals surface area contributed by atoms with Gasteiger partial charge in [-0.1, -0.05) is 6.42 Å². The molecule has 0 spiro atoms. The van der Waals surface area contributed by atoms with E-state index in [1.54, 1.807) is 7.11 Å². The van der Waals surface area contributed by atoms with Crippen molar-refractivity contribution in [3.05, 3.63) is 18.2 Å². The lowest BCUT2D eigenvalue weighted by Gasteiger charge is -2.23. The van der Waals surface area contributed by atoms with Crippen molar-refractivity contribution >= 4 is 5.69 Å².